The van der Waals surface area contributed by atoms with E-state index in [1.165, 1.54) is 6.20 Å². The smallest absolute Gasteiger partial charge is 0.276 e. The van der Waals surface area contributed by atoms with E-state index in [9.17, 15) is 14.7 Å². The van der Waals surface area contributed by atoms with Gasteiger partial charge in [0.25, 0.3) is 11.8 Å². The van der Waals surface area contributed by atoms with Gasteiger partial charge in [0.15, 0.2) is 5.69 Å². The zero-order valence-corrected chi connectivity index (χ0v) is 16.5. The Morgan fingerprint density at radius 1 is 1.14 bits per heavy atom. The Morgan fingerprint density at radius 3 is 2.50 bits per heavy atom. The summed E-state index contributed by atoms with van der Waals surface area (Å²) >= 11 is 0. The molecule has 0 saturated carbocycles. The molecule has 8 nitrogen and oxygen atoms in total. The molecule has 1 saturated heterocycles. The van der Waals surface area contributed by atoms with Crippen LogP contribution in [-0.2, 0) is 6.42 Å². The Morgan fingerprint density at radius 2 is 1.82 bits per heavy atom. The van der Waals surface area contributed by atoms with Crippen LogP contribution >= 0.6 is 0 Å². The highest BCUT2D eigenvalue weighted by atomic mass is 16.5. The van der Waals surface area contributed by atoms with Crippen LogP contribution in [0.15, 0.2) is 22.9 Å². The minimum absolute atomic E-state index is 0.131. The molecule has 2 aromatic rings. The number of amides is 2. The molecule has 0 atom stereocenters. The average molecular weight is 386 g/mol. The molecule has 1 fully saturated rings. The second-order valence-electron chi connectivity index (χ2n) is 7.56. The first-order valence-corrected chi connectivity index (χ1v) is 9.55. The van der Waals surface area contributed by atoms with E-state index in [0.717, 1.165) is 6.42 Å². The maximum atomic E-state index is 12.8. The lowest BCUT2D eigenvalue weighted by molar-refractivity contribution is 0.0711. The fourth-order valence-electron chi connectivity index (χ4n) is 3.29. The van der Waals surface area contributed by atoms with E-state index in [2.05, 4.69) is 24.0 Å². The van der Waals surface area contributed by atoms with E-state index in [1.54, 1.807) is 28.9 Å². The first-order chi connectivity index (χ1) is 13.3. The molecule has 2 amide bonds. The largest absolute Gasteiger partial charge is 0.505 e. The van der Waals surface area contributed by atoms with Crippen LogP contribution in [0.3, 0.4) is 0 Å². The van der Waals surface area contributed by atoms with Crippen molar-refractivity contribution in [1.82, 2.24) is 19.9 Å². The number of aromatic nitrogens is 2. The van der Waals surface area contributed by atoms with Gasteiger partial charge in [-0.1, -0.05) is 19.0 Å². The Balaban J connectivity index is 1.66. The first-order valence-electron chi connectivity index (χ1n) is 9.55. The molecule has 1 aliphatic heterocycles. The number of aryl methyl sites for hydroxylation is 1. The predicted octanol–water partition coefficient (Wildman–Crippen LogP) is 2.27. The second-order valence-corrected chi connectivity index (χ2v) is 7.56. The van der Waals surface area contributed by atoms with E-state index < -0.39 is 0 Å². The SMILES string of the molecule is Cc1cc(C(=O)N2CCCN(C(=O)c3cc(CC(C)C)on3)CC2)c(O)cn1. The molecule has 28 heavy (non-hydrogen) atoms. The number of nitrogens with zero attached hydrogens (tertiary/aromatic N) is 4. The maximum absolute atomic E-state index is 12.8. The van der Waals surface area contributed by atoms with Crippen molar-refractivity contribution >= 4 is 11.8 Å². The van der Waals surface area contributed by atoms with Crippen LogP contribution < -0.4 is 0 Å². The molecule has 0 bridgehead atoms. The summed E-state index contributed by atoms with van der Waals surface area (Å²) < 4.78 is 5.26. The Bertz CT molecular complexity index is 862. The van der Waals surface area contributed by atoms with Crippen LogP contribution in [0.1, 0.15) is 52.6 Å². The summed E-state index contributed by atoms with van der Waals surface area (Å²) in [5.74, 6) is 0.553. The van der Waals surface area contributed by atoms with Crippen molar-refractivity contribution < 1.29 is 19.2 Å². The van der Waals surface area contributed by atoms with Crippen molar-refractivity contribution in [3.63, 3.8) is 0 Å². The van der Waals surface area contributed by atoms with Crippen molar-refractivity contribution in [2.24, 2.45) is 5.92 Å². The summed E-state index contributed by atoms with van der Waals surface area (Å²) in [6.07, 6.45) is 2.67. The number of carbonyl (C=O) groups excluding carboxylic acids is 2. The van der Waals surface area contributed by atoms with Gasteiger partial charge in [0.1, 0.15) is 11.5 Å². The summed E-state index contributed by atoms with van der Waals surface area (Å²) in [6, 6.07) is 3.28. The van der Waals surface area contributed by atoms with Gasteiger partial charge in [0.05, 0.1) is 11.8 Å². The zero-order chi connectivity index (χ0) is 20.3. The predicted molar refractivity (Wildman–Crippen MR) is 102 cm³/mol. The van der Waals surface area contributed by atoms with E-state index in [-0.39, 0.29) is 23.1 Å². The Hall–Kier alpha value is -2.90. The molecule has 150 valence electrons. The maximum Gasteiger partial charge on any atom is 0.276 e. The topological polar surface area (TPSA) is 99.8 Å². The van der Waals surface area contributed by atoms with Gasteiger partial charge in [-0.2, -0.15) is 0 Å². The van der Waals surface area contributed by atoms with Crippen LogP contribution in [0.25, 0.3) is 0 Å². The second kappa shape index (κ2) is 8.41. The number of hydrogen-bond acceptors (Lipinski definition) is 6. The van der Waals surface area contributed by atoms with Gasteiger partial charge in [0.2, 0.25) is 0 Å². The van der Waals surface area contributed by atoms with Crippen molar-refractivity contribution in [2.75, 3.05) is 26.2 Å². The van der Waals surface area contributed by atoms with Crippen molar-refractivity contribution in [3.05, 3.63) is 41.0 Å². The summed E-state index contributed by atoms with van der Waals surface area (Å²) in [5.41, 5.74) is 1.20. The molecule has 0 aliphatic carbocycles. The number of hydrogen-bond donors (Lipinski definition) is 1. The minimum Gasteiger partial charge on any atom is -0.505 e. The Labute approximate surface area is 164 Å². The molecule has 1 N–H and O–H groups in total. The van der Waals surface area contributed by atoms with Gasteiger partial charge >= 0.3 is 0 Å². The van der Waals surface area contributed by atoms with E-state index in [0.29, 0.717) is 55.7 Å². The lowest BCUT2D eigenvalue weighted by atomic mass is 10.1. The normalized spacial score (nSPS) is 15.0. The molecular formula is C20H26N4O4. The van der Waals surface area contributed by atoms with Gasteiger partial charge < -0.3 is 19.4 Å². The van der Waals surface area contributed by atoms with Crippen molar-refractivity contribution in [3.8, 4) is 5.75 Å². The van der Waals surface area contributed by atoms with Crippen LogP contribution in [0.5, 0.6) is 5.75 Å². The molecule has 3 rings (SSSR count). The van der Waals surface area contributed by atoms with Crippen molar-refractivity contribution in [1.29, 1.82) is 0 Å². The number of carbonyl (C=O) groups is 2. The summed E-state index contributed by atoms with van der Waals surface area (Å²) in [5, 5.41) is 13.9. The number of rotatable bonds is 4. The quantitative estimate of drug-likeness (QED) is 0.865. The molecule has 8 heteroatoms. The highest BCUT2D eigenvalue weighted by molar-refractivity contribution is 5.97. The summed E-state index contributed by atoms with van der Waals surface area (Å²) in [7, 11) is 0. The molecule has 3 heterocycles. The fourth-order valence-corrected chi connectivity index (χ4v) is 3.29. The lowest BCUT2D eigenvalue weighted by Gasteiger charge is -2.22. The molecule has 0 aromatic carbocycles. The third-order valence-corrected chi connectivity index (χ3v) is 4.71. The standard InChI is InChI=1S/C20H26N4O4/c1-13(2)9-15-11-17(22-28-15)20(27)24-6-4-5-23(7-8-24)19(26)16-10-14(3)21-12-18(16)25/h10-13,25H,4-9H2,1-3H3. The number of pyridine rings is 1. The van der Waals surface area contributed by atoms with E-state index in [1.807, 2.05) is 0 Å². The first kappa shape index (κ1) is 19.9. The van der Waals surface area contributed by atoms with Gasteiger partial charge in [-0.15, -0.1) is 0 Å². The minimum atomic E-state index is -0.252. The van der Waals surface area contributed by atoms with Crippen LogP contribution in [-0.4, -0.2) is 63.0 Å². The van der Waals surface area contributed by atoms with Gasteiger partial charge in [0, 0.05) is 44.4 Å². The van der Waals surface area contributed by atoms with Gasteiger partial charge in [-0.25, -0.2) is 0 Å². The molecule has 0 radical (unpaired) electrons. The fraction of sp³-hybridized carbons (Fsp3) is 0.500. The molecule has 0 spiro atoms. The van der Waals surface area contributed by atoms with Crippen LogP contribution in [0, 0.1) is 12.8 Å². The van der Waals surface area contributed by atoms with Gasteiger partial charge in [-0.3, -0.25) is 14.6 Å². The Kier molecular flexibility index (Phi) is 5.96. The van der Waals surface area contributed by atoms with E-state index >= 15 is 0 Å². The monoisotopic (exact) mass is 386 g/mol. The molecule has 2 aromatic heterocycles. The summed E-state index contributed by atoms with van der Waals surface area (Å²) in [4.78, 5) is 32.9. The van der Waals surface area contributed by atoms with Crippen LogP contribution in [0.4, 0.5) is 0 Å². The third kappa shape index (κ3) is 4.49. The molecular weight excluding hydrogens is 360 g/mol. The highest BCUT2D eigenvalue weighted by Crippen LogP contribution is 2.20. The molecule has 1 aliphatic rings. The van der Waals surface area contributed by atoms with Crippen molar-refractivity contribution in [2.45, 2.75) is 33.6 Å². The average Bonchev–Trinajstić information content (AvgIpc) is 2.97. The lowest BCUT2D eigenvalue weighted by Crippen LogP contribution is -2.37. The van der Waals surface area contributed by atoms with Gasteiger partial charge in [-0.05, 0) is 25.3 Å². The highest BCUT2D eigenvalue weighted by Gasteiger charge is 2.26. The summed E-state index contributed by atoms with van der Waals surface area (Å²) in [6.45, 7) is 7.77. The number of aromatic hydroxyl groups is 1. The molecule has 0 unspecified atom stereocenters. The van der Waals surface area contributed by atoms with Crippen LogP contribution in [0.2, 0.25) is 0 Å². The third-order valence-electron chi connectivity index (χ3n) is 4.71. The zero-order valence-electron chi connectivity index (χ0n) is 16.5. The van der Waals surface area contributed by atoms with E-state index in [4.69, 9.17) is 4.52 Å².